The molecule has 0 saturated carbocycles. The fraction of sp³-hybridized carbons (Fsp3) is 0.143. The highest BCUT2D eigenvalue weighted by molar-refractivity contribution is 5.42. The molecule has 0 aromatic heterocycles. The van der Waals surface area contributed by atoms with Crippen LogP contribution in [-0.2, 0) is 6.61 Å². The molecule has 4 heteroatoms. The molecular weight excluding hydrogens is 233 g/mol. The highest BCUT2D eigenvalue weighted by Crippen LogP contribution is 2.22. The summed E-state index contributed by atoms with van der Waals surface area (Å²) in [6, 6.07) is 11.4. The van der Waals surface area contributed by atoms with E-state index in [4.69, 9.17) is 15.2 Å². The standard InChI is InChI=1S/C14H14FNO2/c1-17-14-7-2-11(15)8-10(14)9-18-13-5-3-12(16)4-6-13/h2-8H,9,16H2,1H3. The molecule has 94 valence electrons. The topological polar surface area (TPSA) is 44.5 Å². The first-order valence-electron chi connectivity index (χ1n) is 5.50. The van der Waals surface area contributed by atoms with E-state index in [0.29, 0.717) is 22.7 Å². The van der Waals surface area contributed by atoms with E-state index in [9.17, 15) is 4.39 Å². The van der Waals surface area contributed by atoms with Crippen LogP contribution in [0.2, 0.25) is 0 Å². The van der Waals surface area contributed by atoms with E-state index in [-0.39, 0.29) is 12.4 Å². The third kappa shape index (κ3) is 2.91. The Kier molecular flexibility index (Phi) is 3.67. The van der Waals surface area contributed by atoms with Gasteiger partial charge >= 0.3 is 0 Å². The number of nitrogen functional groups attached to an aromatic ring is 1. The van der Waals surface area contributed by atoms with Crippen LogP contribution in [0.3, 0.4) is 0 Å². The maximum atomic E-state index is 13.1. The summed E-state index contributed by atoms with van der Waals surface area (Å²) in [5, 5.41) is 0. The highest BCUT2D eigenvalue weighted by Gasteiger charge is 2.05. The van der Waals surface area contributed by atoms with Gasteiger partial charge in [-0.15, -0.1) is 0 Å². The Balaban J connectivity index is 2.09. The van der Waals surface area contributed by atoms with Crippen molar-refractivity contribution in [1.82, 2.24) is 0 Å². The fourth-order valence-corrected chi connectivity index (χ4v) is 1.59. The lowest BCUT2D eigenvalue weighted by Crippen LogP contribution is -1.99. The molecule has 0 atom stereocenters. The van der Waals surface area contributed by atoms with Crippen molar-refractivity contribution in [3.8, 4) is 11.5 Å². The third-order valence-electron chi connectivity index (χ3n) is 2.52. The van der Waals surface area contributed by atoms with Gasteiger partial charge in [0, 0.05) is 11.3 Å². The van der Waals surface area contributed by atoms with E-state index in [2.05, 4.69) is 0 Å². The zero-order valence-electron chi connectivity index (χ0n) is 10.0. The lowest BCUT2D eigenvalue weighted by molar-refractivity contribution is 0.296. The van der Waals surface area contributed by atoms with Gasteiger partial charge in [0.2, 0.25) is 0 Å². The molecule has 3 nitrogen and oxygen atoms in total. The minimum absolute atomic E-state index is 0.241. The van der Waals surface area contributed by atoms with Crippen molar-refractivity contribution in [2.45, 2.75) is 6.61 Å². The van der Waals surface area contributed by atoms with Crippen LogP contribution in [0.15, 0.2) is 42.5 Å². The molecule has 2 aromatic rings. The van der Waals surface area contributed by atoms with Gasteiger partial charge in [0.15, 0.2) is 0 Å². The summed E-state index contributed by atoms with van der Waals surface area (Å²) in [4.78, 5) is 0. The molecule has 0 heterocycles. The SMILES string of the molecule is COc1ccc(F)cc1COc1ccc(N)cc1. The maximum Gasteiger partial charge on any atom is 0.125 e. The first-order chi connectivity index (χ1) is 8.69. The number of hydrogen-bond donors (Lipinski definition) is 1. The first kappa shape index (κ1) is 12.2. The molecule has 2 N–H and O–H groups in total. The molecule has 0 bridgehead atoms. The van der Waals surface area contributed by atoms with Crippen molar-refractivity contribution in [3.05, 3.63) is 53.8 Å². The van der Waals surface area contributed by atoms with Crippen LogP contribution in [-0.4, -0.2) is 7.11 Å². The number of halogens is 1. The van der Waals surface area contributed by atoms with Crippen molar-refractivity contribution in [1.29, 1.82) is 0 Å². The number of anilines is 1. The molecule has 18 heavy (non-hydrogen) atoms. The van der Waals surface area contributed by atoms with Crippen LogP contribution >= 0.6 is 0 Å². The lowest BCUT2D eigenvalue weighted by atomic mass is 10.2. The molecule has 0 fully saturated rings. The molecule has 0 aliphatic rings. The van der Waals surface area contributed by atoms with Gasteiger partial charge in [0.05, 0.1) is 7.11 Å². The number of hydrogen-bond acceptors (Lipinski definition) is 3. The van der Waals surface area contributed by atoms with Crippen molar-refractivity contribution in [2.75, 3.05) is 12.8 Å². The van der Waals surface area contributed by atoms with Crippen LogP contribution < -0.4 is 15.2 Å². The first-order valence-corrected chi connectivity index (χ1v) is 5.50. The predicted octanol–water partition coefficient (Wildman–Crippen LogP) is 3.00. The summed E-state index contributed by atoms with van der Waals surface area (Å²) < 4.78 is 23.8. The predicted molar refractivity (Wildman–Crippen MR) is 68.1 cm³/mol. The molecule has 2 rings (SSSR count). The average molecular weight is 247 g/mol. The van der Waals surface area contributed by atoms with Crippen LogP contribution in [0.25, 0.3) is 0 Å². The van der Waals surface area contributed by atoms with Gasteiger partial charge in [0.25, 0.3) is 0 Å². The summed E-state index contributed by atoms with van der Waals surface area (Å²) in [5.74, 6) is 0.967. The van der Waals surface area contributed by atoms with E-state index in [1.54, 1.807) is 37.4 Å². The van der Waals surface area contributed by atoms with E-state index >= 15 is 0 Å². The summed E-state index contributed by atoms with van der Waals surface area (Å²) in [6.07, 6.45) is 0. The number of rotatable bonds is 4. The largest absolute Gasteiger partial charge is 0.496 e. The number of ether oxygens (including phenoxy) is 2. The van der Waals surface area contributed by atoms with E-state index in [1.165, 1.54) is 12.1 Å². The van der Waals surface area contributed by atoms with Gasteiger partial charge in [0.1, 0.15) is 23.9 Å². The Morgan fingerprint density at radius 3 is 2.50 bits per heavy atom. The summed E-state index contributed by atoms with van der Waals surface area (Å²) in [7, 11) is 1.54. The molecular formula is C14H14FNO2. The van der Waals surface area contributed by atoms with Gasteiger partial charge in [-0.05, 0) is 42.5 Å². The normalized spacial score (nSPS) is 10.1. The quantitative estimate of drug-likeness (QED) is 0.845. The van der Waals surface area contributed by atoms with E-state index in [0.717, 1.165) is 0 Å². The molecule has 0 aliphatic carbocycles. The molecule has 0 amide bonds. The van der Waals surface area contributed by atoms with Gasteiger partial charge < -0.3 is 15.2 Å². The van der Waals surface area contributed by atoms with Crippen molar-refractivity contribution >= 4 is 5.69 Å². The van der Waals surface area contributed by atoms with Crippen molar-refractivity contribution < 1.29 is 13.9 Å². The van der Waals surface area contributed by atoms with E-state index in [1.807, 2.05) is 0 Å². The Hall–Kier alpha value is -2.23. The monoisotopic (exact) mass is 247 g/mol. The van der Waals surface area contributed by atoms with Gasteiger partial charge in [-0.1, -0.05) is 0 Å². The molecule has 0 unspecified atom stereocenters. The molecule has 0 aliphatic heterocycles. The maximum absolute atomic E-state index is 13.1. The number of nitrogens with two attached hydrogens (primary N) is 1. The van der Waals surface area contributed by atoms with E-state index < -0.39 is 0 Å². The summed E-state index contributed by atoms with van der Waals surface area (Å²) >= 11 is 0. The smallest absolute Gasteiger partial charge is 0.125 e. The Morgan fingerprint density at radius 1 is 1.11 bits per heavy atom. The highest BCUT2D eigenvalue weighted by atomic mass is 19.1. The van der Waals surface area contributed by atoms with Gasteiger partial charge in [-0.2, -0.15) is 0 Å². The lowest BCUT2D eigenvalue weighted by Gasteiger charge is -2.10. The molecule has 2 aromatic carbocycles. The van der Waals surface area contributed by atoms with Crippen LogP contribution in [0.5, 0.6) is 11.5 Å². The zero-order valence-corrected chi connectivity index (χ0v) is 10.0. The second-order valence-corrected chi connectivity index (χ2v) is 3.81. The second kappa shape index (κ2) is 5.40. The summed E-state index contributed by atoms with van der Waals surface area (Å²) in [6.45, 7) is 0.241. The van der Waals surface area contributed by atoms with Crippen molar-refractivity contribution in [2.24, 2.45) is 0 Å². The molecule has 0 saturated heterocycles. The zero-order chi connectivity index (χ0) is 13.0. The average Bonchev–Trinajstić information content (AvgIpc) is 2.38. The minimum Gasteiger partial charge on any atom is -0.496 e. The van der Waals surface area contributed by atoms with Gasteiger partial charge in [-0.3, -0.25) is 0 Å². The van der Waals surface area contributed by atoms with Crippen LogP contribution in [0.4, 0.5) is 10.1 Å². The van der Waals surface area contributed by atoms with Gasteiger partial charge in [-0.25, -0.2) is 4.39 Å². The number of methoxy groups -OCH3 is 1. The van der Waals surface area contributed by atoms with Crippen LogP contribution in [0, 0.1) is 5.82 Å². The van der Waals surface area contributed by atoms with Crippen LogP contribution in [0.1, 0.15) is 5.56 Å². The molecule has 0 radical (unpaired) electrons. The summed E-state index contributed by atoms with van der Waals surface area (Å²) in [5.41, 5.74) is 6.91. The Bertz CT molecular complexity index is 526. The van der Waals surface area contributed by atoms with Crippen molar-refractivity contribution in [3.63, 3.8) is 0 Å². The third-order valence-corrected chi connectivity index (χ3v) is 2.52. The minimum atomic E-state index is -0.313. The second-order valence-electron chi connectivity index (χ2n) is 3.81. The fourth-order valence-electron chi connectivity index (χ4n) is 1.59. The number of benzene rings is 2. The molecule has 0 spiro atoms. The Morgan fingerprint density at radius 2 is 1.83 bits per heavy atom. The Labute approximate surface area is 105 Å².